The molecule has 2 heterocycles. The Morgan fingerprint density at radius 3 is 2.76 bits per heavy atom. The van der Waals surface area contributed by atoms with Crippen LogP contribution in [0.15, 0.2) is 34.8 Å². The first kappa shape index (κ1) is 14.3. The van der Waals surface area contributed by atoms with E-state index in [-0.39, 0.29) is 5.91 Å². The van der Waals surface area contributed by atoms with E-state index >= 15 is 0 Å². The van der Waals surface area contributed by atoms with Crippen LogP contribution in [0.25, 0.3) is 10.9 Å². The van der Waals surface area contributed by atoms with Crippen molar-refractivity contribution in [2.75, 3.05) is 31.1 Å². The summed E-state index contributed by atoms with van der Waals surface area (Å²) >= 11 is 3.49. The van der Waals surface area contributed by atoms with Crippen molar-refractivity contribution in [2.24, 2.45) is 0 Å². The van der Waals surface area contributed by atoms with Gasteiger partial charge in [0.1, 0.15) is 5.82 Å². The lowest BCUT2D eigenvalue weighted by molar-refractivity contribution is -0.128. The van der Waals surface area contributed by atoms with Gasteiger partial charge < -0.3 is 9.80 Å². The fraction of sp³-hybridized carbons (Fsp3) is 0.375. The number of fused-ring (bicyclic) bond motifs is 1. The molecule has 3 rings (SSSR count). The van der Waals surface area contributed by atoms with E-state index in [0.717, 1.165) is 53.8 Å². The Balaban J connectivity index is 1.84. The Bertz CT molecular complexity index is 674. The van der Waals surface area contributed by atoms with Crippen molar-refractivity contribution in [3.63, 3.8) is 0 Å². The summed E-state index contributed by atoms with van der Waals surface area (Å²) in [6.07, 6.45) is 0.984. The number of amides is 1. The molecule has 1 saturated heterocycles. The molecule has 1 aromatic carbocycles. The summed E-state index contributed by atoms with van der Waals surface area (Å²) in [5.41, 5.74) is 0.995. The first-order chi connectivity index (χ1) is 10.1. The molecule has 0 radical (unpaired) electrons. The summed E-state index contributed by atoms with van der Waals surface area (Å²) in [5, 5.41) is 1.14. The van der Waals surface area contributed by atoms with Gasteiger partial charge in [-0.2, -0.15) is 0 Å². The molecule has 1 aromatic heterocycles. The molecule has 0 saturated carbocycles. The number of aromatic nitrogens is 1. The highest BCUT2D eigenvalue weighted by Gasteiger charge is 2.17. The number of benzene rings is 1. The molecule has 1 aliphatic rings. The second kappa shape index (κ2) is 6.02. The molecular weight excluding hydrogens is 330 g/mol. The van der Waals surface area contributed by atoms with Crippen LogP contribution in [0.3, 0.4) is 0 Å². The van der Waals surface area contributed by atoms with Crippen LogP contribution in [0.1, 0.15) is 13.3 Å². The summed E-state index contributed by atoms with van der Waals surface area (Å²) in [4.78, 5) is 20.4. The summed E-state index contributed by atoms with van der Waals surface area (Å²) in [5.74, 6) is 1.15. The Morgan fingerprint density at radius 2 is 1.95 bits per heavy atom. The van der Waals surface area contributed by atoms with Crippen LogP contribution in [-0.2, 0) is 4.79 Å². The largest absolute Gasteiger partial charge is 0.355 e. The summed E-state index contributed by atoms with van der Waals surface area (Å²) < 4.78 is 1.04. The van der Waals surface area contributed by atoms with Gasteiger partial charge in [-0.05, 0) is 30.7 Å². The molecule has 110 valence electrons. The topological polar surface area (TPSA) is 36.4 Å². The predicted molar refractivity (Wildman–Crippen MR) is 88.5 cm³/mol. The smallest absolute Gasteiger partial charge is 0.219 e. The van der Waals surface area contributed by atoms with E-state index in [1.807, 2.05) is 17.0 Å². The normalized spacial score (nSPS) is 16.1. The Hall–Kier alpha value is -1.62. The molecule has 1 amide bonds. The number of anilines is 1. The number of halogens is 1. The molecule has 1 aliphatic heterocycles. The van der Waals surface area contributed by atoms with E-state index in [4.69, 9.17) is 4.98 Å². The van der Waals surface area contributed by atoms with E-state index in [2.05, 4.69) is 39.0 Å². The standard InChI is InChI=1S/C16H18BrN3O/c1-12(21)19-7-2-8-20(10-9-19)16-6-4-13-3-5-14(17)11-15(13)18-16/h3-6,11H,2,7-10H2,1H3. The molecule has 2 aromatic rings. The van der Waals surface area contributed by atoms with E-state index in [0.29, 0.717) is 0 Å². The minimum absolute atomic E-state index is 0.159. The van der Waals surface area contributed by atoms with Gasteiger partial charge in [0.2, 0.25) is 5.91 Å². The van der Waals surface area contributed by atoms with Gasteiger partial charge in [-0.15, -0.1) is 0 Å². The second-order valence-electron chi connectivity index (χ2n) is 5.35. The van der Waals surface area contributed by atoms with E-state index in [1.165, 1.54) is 0 Å². The van der Waals surface area contributed by atoms with Crippen LogP contribution in [-0.4, -0.2) is 42.0 Å². The number of rotatable bonds is 1. The van der Waals surface area contributed by atoms with Gasteiger partial charge >= 0.3 is 0 Å². The molecule has 5 heteroatoms. The van der Waals surface area contributed by atoms with Gasteiger partial charge in [0.25, 0.3) is 0 Å². The number of carbonyl (C=O) groups excluding carboxylic acids is 1. The third-order valence-electron chi connectivity index (χ3n) is 3.90. The monoisotopic (exact) mass is 347 g/mol. The van der Waals surface area contributed by atoms with Crippen molar-refractivity contribution >= 4 is 38.6 Å². The molecule has 0 atom stereocenters. The average molecular weight is 348 g/mol. The van der Waals surface area contributed by atoms with Gasteiger partial charge in [-0.25, -0.2) is 4.98 Å². The van der Waals surface area contributed by atoms with Crippen LogP contribution in [0.5, 0.6) is 0 Å². The van der Waals surface area contributed by atoms with Crippen LogP contribution in [0.4, 0.5) is 5.82 Å². The van der Waals surface area contributed by atoms with Crippen molar-refractivity contribution in [2.45, 2.75) is 13.3 Å². The van der Waals surface area contributed by atoms with Gasteiger partial charge in [0.05, 0.1) is 5.52 Å². The maximum atomic E-state index is 11.5. The lowest BCUT2D eigenvalue weighted by atomic mass is 10.2. The van der Waals surface area contributed by atoms with E-state index in [9.17, 15) is 4.79 Å². The molecule has 4 nitrogen and oxygen atoms in total. The zero-order valence-corrected chi connectivity index (χ0v) is 13.6. The van der Waals surface area contributed by atoms with Gasteiger partial charge in [0.15, 0.2) is 0 Å². The Labute approximate surface area is 132 Å². The lowest BCUT2D eigenvalue weighted by Gasteiger charge is -2.22. The number of carbonyl (C=O) groups is 1. The zero-order valence-electron chi connectivity index (χ0n) is 12.1. The molecule has 0 bridgehead atoms. The van der Waals surface area contributed by atoms with E-state index < -0.39 is 0 Å². The average Bonchev–Trinajstić information content (AvgIpc) is 2.72. The van der Waals surface area contributed by atoms with Crippen LogP contribution in [0.2, 0.25) is 0 Å². The first-order valence-electron chi connectivity index (χ1n) is 7.20. The maximum absolute atomic E-state index is 11.5. The van der Waals surface area contributed by atoms with Gasteiger partial charge in [-0.3, -0.25) is 4.79 Å². The molecule has 1 fully saturated rings. The third kappa shape index (κ3) is 3.18. The van der Waals surface area contributed by atoms with Gasteiger partial charge in [0, 0.05) is 43.0 Å². The van der Waals surface area contributed by atoms with E-state index in [1.54, 1.807) is 6.92 Å². The minimum atomic E-state index is 0.159. The fourth-order valence-electron chi connectivity index (χ4n) is 2.72. The zero-order chi connectivity index (χ0) is 14.8. The molecule has 0 N–H and O–H groups in total. The number of hydrogen-bond acceptors (Lipinski definition) is 3. The highest BCUT2D eigenvalue weighted by atomic mass is 79.9. The lowest BCUT2D eigenvalue weighted by Crippen LogP contribution is -2.33. The van der Waals surface area contributed by atoms with Crippen molar-refractivity contribution in [3.05, 3.63) is 34.8 Å². The number of nitrogens with zero attached hydrogens (tertiary/aromatic N) is 3. The minimum Gasteiger partial charge on any atom is -0.355 e. The summed E-state index contributed by atoms with van der Waals surface area (Å²) in [6, 6.07) is 10.3. The molecule has 21 heavy (non-hydrogen) atoms. The fourth-order valence-corrected chi connectivity index (χ4v) is 3.07. The molecule has 0 unspecified atom stereocenters. The Kier molecular flexibility index (Phi) is 4.10. The molecular formula is C16H18BrN3O. The highest BCUT2D eigenvalue weighted by Crippen LogP contribution is 2.22. The molecule has 0 spiro atoms. The van der Waals surface area contributed by atoms with Crippen molar-refractivity contribution < 1.29 is 4.79 Å². The predicted octanol–water partition coefficient (Wildman–Crippen LogP) is 3.06. The third-order valence-corrected chi connectivity index (χ3v) is 4.40. The summed E-state index contributed by atoms with van der Waals surface area (Å²) in [7, 11) is 0. The van der Waals surface area contributed by atoms with Crippen LogP contribution in [0, 0.1) is 0 Å². The highest BCUT2D eigenvalue weighted by molar-refractivity contribution is 9.10. The maximum Gasteiger partial charge on any atom is 0.219 e. The second-order valence-corrected chi connectivity index (χ2v) is 6.27. The number of pyridine rings is 1. The number of hydrogen-bond donors (Lipinski definition) is 0. The Morgan fingerprint density at radius 1 is 1.14 bits per heavy atom. The first-order valence-corrected chi connectivity index (χ1v) is 7.99. The van der Waals surface area contributed by atoms with Gasteiger partial charge in [-0.1, -0.05) is 22.0 Å². The van der Waals surface area contributed by atoms with Crippen molar-refractivity contribution in [1.82, 2.24) is 9.88 Å². The summed E-state index contributed by atoms with van der Waals surface area (Å²) in [6.45, 7) is 5.03. The van der Waals surface area contributed by atoms with Crippen LogP contribution >= 0.6 is 15.9 Å². The van der Waals surface area contributed by atoms with Crippen molar-refractivity contribution in [1.29, 1.82) is 0 Å². The van der Waals surface area contributed by atoms with Crippen molar-refractivity contribution in [3.8, 4) is 0 Å². The van der Waals surface area contributed by atoms with Crippen LogP contribution < -0.4 is 4.90 Å². The molecule has 0 aliphatic carbocycles. The quantitative estimate of drug-likeness (QED) is 0.795. The SMILES string of the molecule is CC(=O)N1CCCN(c2ccc3ccc(Br)cc3n2)CC1.